The van der Waals surface area contributed by atoms with E-state index in [0.717, 1.165) is 0 Å². The van der Waals surface area contributed by atoms with Crippen LogP contribution in [0.2, 0.25) is 0 Å². The highest BCUT2D eigenvalue weighted by atomic mass is 15.0. The van der Waals surface area contributed by atoms with Gasteiger partial charge in [0, 0.05) is 27.3 Å². The zero-order valence-corrected chi connectivity index (χ0v) is 21.4. The Bertz CT molecular complexity index is 2250. The van der Waals surface area contributed by atoms with E-state index in [1.165, 1.54) is 82.1 Å². The van der Waals surface area contributed by atoms with Gasteiger partial charge in [-0.15, -0.1) is 0 Å². The zero-order valence-electron chi connectivity index (χ0n) is 21.4. The summed E-state index contributed by atoms with van der Waals surface area (Å²) in [7, 11) is 0. The molecule has 0 spiro atoms. The van der Waals surface area contributed by atoms with Gasteiger partial charge in [-0.2, -0.15) is 0 Å². The van der Waals surface area contributed by atoms with E-state index in [9.17, 15) is 0 Å². The average molecular weight is 484 g/mol. The molecule has 0 saturated carbocycles. The van der Waals surface area contributed by atoms with Crippen LogP contribution in [-0.4, -0.2) is 4.57 Å². The Hall–Kier alpha value is -4.62. The number of rotatable bonds is 1. The van der Waals surface area contributed by atoms with Gasteiger partial charge in [-0.05, 0) is 73.5 Å². The van der Waals surface area contributed by atoms with Crippen LogP contribution in [0.4, 0.5) is 0 Å². The second-order valence-corrected chi connectivity index (χ2v) is 11.3. The molecule has 0 saturated heterocycles. The van der Waals surface area contributed by atoms with E-state index in [0.29, 0.717) is 0 Å². The molecule has 1 aliphatic carbocycles. The highest BCUT2D eigenvalue weighted by Gasteiger charge is 2.38. The molecule has 1 aromatic heterocycles. The molecule has 0 N–H and O–H groups in total. The molecule has 0 atom stereocenters. The first-order valence-electron chi connectivity index (χ1n) is 13.5. The van der Waals surface area contributed by atoms with Crippen LogP contribution in [0.5, 0.6) is 0 Å². The maximum Gasteiger partial charge on any atom is 0.0626 e. The summed E-state index contributed by atoms with van der Waals surface area (Å²) >= 11 is 0. The number of fused-ring (bicyclic) bond motifs is 9. The Morgan fingerprint density at radius 2 is 1.26 bits per heavy atom. The van der Waals surface area contributed by atoms with Crippen LogP contribution in [0, 0.1) is 0 Å². The van der Waals surface area contributed by atoms with Crippen LogP contribution in [0.15, 0.2) is 115 Å². The molecule has 178 valence electrons. The van der Waals surface area contributed by atoms with Crippen molar-refractivity contribution in [3.63, 3.8) is 0 Å². The molecule has 1 heterocycles. The fourth-order valence-electron chi connectivity index (χ4n) is 7.57. The quantitative estimate of drug-likeness (QED) is 0.205. The summed E-state index contributed by atoms with van der Waals surface area (Å²) in [6.45, 7) is 4.83. The van der Waals surface area contributed by atoms with E-state index in [4.69, 9.17) is 0 Å². The van der Waals surface area contributed by atoms with Crippen molar-refractivity contribution in [2.24, 2.45) is 0 Å². The fourth-order valence-corrected chi connectivity index (χ4v) is 7.57. The predicted molar refractivity (Wildman–Crippen MR) is 162 cm³/mol. The zero-order chi connectivity index (χ0) is 25.2. The first-order valence-corrected chi connectivity index (χ1v) is 13.5. The second kappa shape index (κ2) is 6.82. The summed E-state index contributed by atoms with van der Waals surface area (Å²) in [5.41, 5.74) is 9.31. The van der Waals surface area contributed by atoms with Crippen molar-refractivity contribution in [2.45, 2.75) is 19.3 Å². The molecule has 0 unspecified atom stereocenters. The highest BCUT2D eigenvalue weighted by molar-refractivity contribution is 6.39. The first-order chi connectivity index (χ1) is 18.6. The van der Waals surface area contributed by atoms with E-state index in [2.05, 4.69) is 134 Å². The van der Waals surface area contributed by atoms with Crippen LogP contribution in [0.1, 0.15) is 25.0 Å². The Morgan fingerprint density at radius 3 is 2.16 bits per heavy atom. The number of hydrogen-bond acceptors (Lipinski definition) is 0. The van der Waals surface area contributed by atoms with Crippen LogP contribution in [0.3, 0.4) is 0 Å². The van der Waals surface area contributed by atoms with Gasteiger partial charge in [-0.25, -0.2) is 0 Å². The molecule has 1 aliphatic rings. The minimum atomic E-state index is -0.100. The Morgan fingerprint density at radius 1 is 0.526 bits per heavy atom. The monoisotopic (exact) mass is 483 g/mol. The summed E-state index contributed by atoms with van der Waals surface area (Å²) in [6, 6.07) is 42.8. The SMILES string of the molecule is CC1(C)c2ccccc2-c2cc3ccc4cccc5c4c3c(c21)c1c2ccccc2n(-c2ccccc2)c51. The lowest BCUT2D eigenvalue weighted by Crippen LogP contribution is -2.15. The van der Waals surface area contributed by atoms with Gasteiger partial charge in [0.1, 0.15) is 0 Å². The van der Waals surface area contributed by atoms with E-state index >= 15 is 0 Å². The van der Waals surface area contributed by atoms with E-state index in [1.807, 2.05) is 0 Å². The minimum absolute atomic E-state index is 0.100. The summed E-state index contributed by atoms with van der Waals surface area (Å²) < 4.78 is 2.50. The van der Waals surface area contributed by atoms with Crippen molar-refractivity contribution >= 4 is 54.1 Å². The van der Waals surface area contributed by atoms with Crippen molar-refractivity contribution in [1.29, 1.82) is 0 Å². The normalized spacial score (nSPS) is 14.3. The number of benzene rings is 7. The van der Waals surface area contributed by atoms with Crippen LogP contribution >= 0.6 is 0 Å². The molecule has 0 amide bonds. The fraction of sp³-hybridized carbons (Fsp3) is 0.0811. The molecule has 7 aromatic carbocycles. The van der Waals surface area contributed by atoms with Crippen molar-refractivity contribution in [1.82, 2.24) is 4.57 Å². The number of aromatic nitrogens is 1. The largest absolute Gasteiger partial charge is 0.309 e. The van der Waals surface area contributed by atoms with Gasteiger partial charge < -0.3 is 4.57 Å². The third kappa shape index (κ3) is 2.29. The van der Waals surface area contributed by atoms with Crippen LogP contribution < -0.4 is 0 Å². The van der Waals surface area contributed by atoms with Crippen molar-refractivity contribution in [2.75, 3.05) is 0 Å². The predicted octanol–water partition coefficient (Wildman–Crippen LogP) is 9.99. The molecular formula is C37H25N. The number of para-hydroxylation sites is 2. The lowest BCUT2D eigenvalue weighted by atomic mass is 9.77. The number of hydrogen-bond donors (Lipinski definition) is 0. The molecule has 0 radical (unpaired) electrons. The first kappa shape index (κ1) is 20.4. The highest BCUT2D eigenvalue weighted by Crippen LogP contribution is 2.56. The molecule has 0 bridgehead atoms. The maximum absolute atomic E-state index is 2.50. The van der Waals surface area contributed by atoms with Gasteiger partial charge in [0.25, 0.3) is 0 Å². The molecule has 1 heteroatoms. The summed E-state index contributed by atoms with van der Waals surface area (Å²) in [4.78, 5) is 0. The molecule has 1 nitrogen and oxygen atoms in total. The summed E-state index contributed by atoms with van der Waals surface area (Å²) in [6.07, 6.45) is 0. The van der Waals surface area contributed by atoms with E-state index < -0.39 is 0 Å². The smallest absolute Gasteiger partial charge is 0.0626 e. The summed E-state index contributed by atoms with van der Waals surface area (Å²) in [5.74, 6) is 0. The molecule has 0 fully saturated rings. The third-order valence-electron chi connectivity index (χ3n) is 9.06. The molecule has 8 aromatic rings. The topological polar surface area (TPSA) is 4.93 Å². The Labute approximate surface area is 220 Å². The Kier molecular flexibility index (Phi) is 3.67. The van der Waals surface area contributed by atoms with Crippen LogP contribution in [0.25, 0.3) is 70.9 Å². The van der Waals surface area contributed by atoms with Crippen molar-refractivity contribution in [3.05, 3.63) is 126 Å². The minimum Gasteiger partial charge on any atom is -0.309 e. The lowest BCUT2D eigenvalue weighted by molar-refractivity contribution is 0.667. The van der Waals surface area contributed by atoms with E-state index in [1.54, 1.807) is 0 Å². The van der Waals surface area contributed by atoms with Gasteiger partial charge in [-0.1, -0.05) is 105 Å². The molecule has 38 heavy (non-hydrogen) atoms. The second-order valence-electron chi connectivity index (χ2n) is 11.3. The van der Waals surface area contributed by atoms with Crippen molar-refractivity contribution in [3.8, 4) is 16.8 Å². The van der Waals surface area contributed by atoms with E-state index in [-0.39, 0.29) is 5.41 Å². The lowest BCUT2D eigenvalue weighted by Gasteiger charge is -2.25. The van der Waals surface area contributed by atoms with Gasteiger partial charge in [0.05, 0.1) is 11.0 Å². The maximum atomic E-state index is 2.50. The van der Waals surface area contributed by atoms with Gasteiger partial charge >= 0.3 is 0 Å². The van der Waals surface area contributed by atoms with Gasteiger partial charge in [0.2, 0.25) is 0 Å². The molecule has 9 rings (SSSR count). The Balaban J connectivity index is 1.67. The standard InChI is InChI=1S/C37H25N/c1-37(2)29-17-8-6-14-25(29)28-21-23-20-19-22-11-10-16-27-31(22)32(23)34(35(28)37)33-26-15-7-9-18-30(26)38(36(27)33)24-12-4-3-5-13-24/h3-21H,1-2H3. The third-order valence-corrected chi connectivity index (χ3v) is 9.06. The average Bonchev–Trinajstić information content (AvgIpc) is 3.42. The van der Waals surface area contributed by atoms with Crippen molar-refractivity contribution < 1.29 is 0 Å². The van der Waals surface area contributed by atoms with Crippen LogP contribution in [-0.2, 0) is 5.41 Å². The van der Waals surface area contributed by atoms with Gasteiger partial charge in [-0.3, -0.25) is 0 Å². The molecular weight excluding hydrogens is 458 g/mol. The van der Waals surface area contributed by atoms with Gasteiger partial charge in [0.15, 0.2) is 0 Å². The molecule has 0 aliphatic heterocycles. The number of nitrogens with zero attached hydrogens (tertiary/aromatic N) is 1. The summed E-state index contributed by atoms with van der Waals surface area (Å²) in [5, 5.41) is 10.8.